The van der Waals surface area contributed by atoms with Crippen LogP contribution < -0.4 is 4.72 Å². The average Bonchev–Trinajstić information content (AvgIpc) is 2.27. The molecule has 0 atom stereocenters. The van der Waals surface area contributed by atoms with Gasteiger partial charge in [-0.05, 0) is 30.3 Å². The minimum atomic E-state index is -4.09. The van der Waals surface area contributed by atoms with Gasteiger partial charge in [0.15, 0.2) is 0 Å². The predicted molar refractivity (Wildman–Crippen MR) is 71.3 cm³/mol. The van der Waals surface area contributed by atoms with E-state index in [1.54, 1.807) is 12.1 Å². The summed E-state index contributed by atoms with van der Waals surface area (Å²) in [6.07, 6.45) is 0. The number of benzene rings is 2. The van der Waals surface area contributed by atoms with Gasteiger partial charge in [0.2, 0.25) is 0 Å². The van der Waals surface area contributed by atoms with Crippen molar-refractivity contribution >= 4 is 31.6 Å². The maximum atomic E-state index is 13.5. The Morgan fingerprint density at radius 1 is 1.05 bits per heavy atom. The summed E-state index contributed by atoms with van der Waals surface area (Å²) in [6, 6.07) is 8.68. The van der Waals surface area contributed by atoms with Crippen LogP contribution in [0.4, 0.5) is 14.5 Å². The zero-order valence-electron chi connectivity index (χ0n) is 9.40. The molecule has 2 rings (SSSR count). The summed E-state index contributed by atoms with van der Waals surface area (Å²) < 4.78 is 53.0. The van der Waals surface area contributed by atoms with Crippen LogP contribution >= 0.6 is 15.9 Å². The lowest BCUT2D eigenvalue weighted by atomic mass is 10.3. The van der Waals surface area contributed by atoms with Crippen molar-refractivity contribution in [2.75, 3.05) is 4.72 Å². The molecule has 2 aromatic rings. The zero-order valence-corrected chi connectivity index (χ0v) is 11.8. The van der Waals surface area contributed by atoms with Gasteiger partial charge in [-0.25, -0.2) is 17.2 Å². The second-order valence-corrected chi connectivity index (χ2v) is 6.26. The van der Waals surface area contributed by atoms with Gasteiger partial charge in [0.05, 0.1) is 0 Å². The first kappa shape index (κ1) is 14.0. The van der Waals surface area contributed by atoms with Crippen molar-refractivity contribution in [3.05, 3.63) is 58.6 Å². The number of halogens is 3. The van der Waals surface area contributed by atoms with Crippen molar-refractivity contribution in [2.24, 2.45) is 0 Å². The molecule has 0 aliphatic carbocycles. The molecule has 0 fully saturated rings. The van der Waals surface area contributed by atoms with Gasteiger partial charge in [-0.3, -0.25) is 4.72 Å². The van der Waals surface area contributed by atoms with E-state index in [1.165, 1.54) is 12.1 Å². The molecule has 19 heavy (non-hydrogen) atoms. The number of anilines is 1. The Bertz CT molecular complexity index is 719. The Kier molecular flexibility index (Phi) is 3.86. The Balaban J connectivity index is 2.38. The fourth-order valence-corrected chi connectivity index (χ4v) is 2.96. The van der Waals surface area contributed by atoms with Crippen LogP contribution in [0, 0.1) is 11.6 Å². The summed E-state index contributed by atoms with van der Waals surface area (Å²) in [6.45, 7) is 0. The van der Waals surface area contributed by atoms with Crippen LogP contribution in [-0.2, 0) is 10.0 Å². The van der Waals surface area contributed by atoms with Crippen molar-refractivity contribution < 1.29 is 17.2 Å². The highest BCUT2D eigenvalue weighted by atomic mass is 79.9. The third-order valence-electron chi connectivity index (χ3n) is 2.26. The lowest BCUT2D eigenvalue weighted by molar-refractivity contribution is 0.551. The Hall–Kier alpha value is -1.47. The van der Waals surface area contributed by atoms with Crippen LogP contribution in [0.2, 0.25) is 0 Å². The summed E-state index contributed by atoms with van der Waals surface area (Å²) in [5.74, 6) is -1.97. The van der Waals surface area contributed by atoms with Crippen molar-refractivity contribution in [2.45, 2.75) is 4.90 Å². The van der Waals surface area contributed by atoms with E-state index in [0.29, 0.717) is 10.5 Å². The molecule has 0 heterocycles. The summed E-state index contributed by atoms with van der Waals surface area (Å²) >= 11 is 3.19. The molecule has 0 saturated heterocycles. The number of rotatable bonds is 3. The van der Waals surface area contributed by atoms with Crippen LogP contribution in [0.25, 0.3) is 0 Å². The number of hydrogen-bond acceptors (Lipinski definition) is 2. The molecule has 0 unspecified atom stereocenters. The largest absolute Gasteiger partial charge is 0.280 e. The SMILES string of the molecule is O=S(=O)(Nc1cccc(Br)c1)c1ccc(F)cc1F. The molecule has 0 radical (unpaired) electrons. The van der Waals surface area contributed by atoms with Crippen molar-refractivity contribution in [3.8, 4) is 0 Å². The van der Waals surface area contributed by atoms with Crippen LogP contribution in [0.15, 0.2) is 51.8 Å². The quantitative estimate of drug-likeness (QED) is 0.923. The highest BCUT2D eigenvalue weighted by molar-refractivity contribution is 9.10. The molecule has 0 aliphatic heterocycles. The molecule has 3 nitrogen and oxygen atoms in total. The topological polar surface area (TPSA) is 46.2 Å². The second kappa shape index (κ2) is 5.26. The zero-order chi connectivity index (χ0) is 14.0. The van der Waals surface area contributed by atoms with E-state index in [2.05, 4.69) is 20.7 Å². The number of hydrogen-bond donors (Lipinski definition) is 1. The van der Waals surface area contributed by atoms with Gasteiger partial charge in [0.1, 0.15) is 16.5 Å². The maximum Gasteiger partial charge on any atom is 0.264 e. The minimum absolute atomic E-state index is 0.276. The summed E-state index contributed by atoms with van der Waals surface area (Å²) in [7, 11) is -4.09. The van der Waals surface area contributed by atoms with Gasteiger partial charge in [-0.1, -0.05) is 22.0 Å². The van der Waals surface area contributed by atoms with E-state index >= 15 is 0 Å². The van der Waals surface area contributed by atoms with Gasteiger partial charge in [-0.2, -0.15) is 0 Å². The predicted octanol–water partition coefficient (Wildman–Crippen LogP) is 3.53. The first-order chi connectivity index (χ1) is 8.88. The summed E-state index contributed by atoms with van der Waals surface area (Å²) in [4.78, 5) is -0.603. The Labute approximate surface area is 117 Å². The van der Waals surface area contributed by atoms with Crippen LogP contribution in [-0.4, -0.2) is 8.42 Å². The van der Waals surface area contributed by atoms with Gasteiger partial charge < -0.3 is 0 Å². The van der Waals surface area contributed by atoms with Crippen LogP contribution in [0.1, 0.15) is 0 Å². The van der Waals surface area contributed by atoms with E-state index in [4.69, 9.17) is 0 Å². The number of sulfonamides is 1. The molecule has 0 aliphatic rings. The Morgan fingerprint density at radius 3 is 2.42 bits per heavy atom. The van der Waals surface area contributed by atoms with E-state index in [9.17, 15) is 17.2 Å². The summed E-state index contributed by atoms with van der Waals surface area (Å²) in [5.41, 5.74) is 0.276. The molecule has 2 aromatic carbocycles. The standard InChI is InChI=1S/C12H8BrF2NO2S/c13-8-2-1-3-10(6-8)16-19(17,18)12-5-4-9(14)7-11(12)15/h1-7,16H. The average molecular weight is 348 g/mol. The molecule has 0 bridgehead atoms. The molecule has 0 spiro atoms. The third kappa shape index (κ3) is 3.30. The second-order valence-electron chi connectivity index (χ2n) is 3.69. The molecule has 0 aromatic heterocycles. The Morgan fingerprint density at radius 2 is 1.79 bits per heavy atom. The minimum Gasteiger partial charge on any atom is -0.280 e. The van der Waals surface area contributed by atoms with Gasteiger partial charge in [0, 0.05) is 16.2 Å². The van der Waals surface area contributed by atoms with Crippen molar-refractivity contribution in [1.82, 2.24) is 0 Å². The lowest BCUT2D eigenvalue weighted by Crippen LogP contribution is -2.14. The fourth-order valence-electron chi connectivity index (χ4n) is 1.46. The normalized spacial score (nSPS) is 11.3. The van der Waals surface area contributed by atoms with Crippen molar-refractivity contribution in [1.29, 1.82) is 0 Å². The van der Waals surface area contributed by atoms with E-state index in [-0.39, 0.29) is 5.69 Å². The maximum absolute atomic E-state index is 13.5. The molecule has 100 valence electrons. The van der Waals surface area contributed by atoms with Gasteiger partial charge >= 0.3 is 0 Å². The first-order valence-corrected chi connectivity index (χ1v) is 7.39. The van der Waals surface area contributed by atoms with E-state index in [0.717, 1.165) is 12.1 Å². The smallest absolute Gasteiger partial charge is 0.264 e. The first-order valence-electron chi connectivity index (χ1n) is 5.12. The molecule has 0 amide bonds. The number of nitrogens with one attached hydrogen (secondary N) is 1. The van der Waals surface area contributed by atoms with Crippen LogP contribution in [0.5, 0.6) is 0 Å². The highest BCUT2D eigenvalue weighted by Crippen LogP contribution is 2.21. The monoisotopic (exact) mass is 347 g/mol. The van der Waals surface area contributed by atoms with E-state index in [1.807, 2.05) is 0 Å². The molecule has 0 saturated carbocycles. The third-order valence-corrected chi connectivity index (χ3v) is 4.17. The lowest BCUT2D eigenvalue weighted by Gasteiger charge is -2.09. The molecule has 7 heteroatoms. The van der Waals surface area contributed by atoms with Crippen molar-refractivity contribution in [3.63, 3.8) is 0 Å². The summed E-state index contributed by atoms with van der Waals surface area (Å²) in [5, 5.41) is 0. The highest BCUT2D eigenvalue weighted by Gasteiger charge is 2.19. The molecular weight excluding hydrogens is 340 g/mol. The fraction of sp³-hybridized carbons (Fsp3) is 0. The van der Waals surface area contributed by atoms with E-state index < -0.39 is 26.6 Å². The molecular formula is C12H8BrF2NO2S. The molecule has 1 N–H and O–H groups in total. The van der Waals surface area contributed by atoms with Gasteiger partial charge in [-0.15, -0.1) is 0 Å². The van der Waals surface area contributed by atoms with Gasteiger partial charge in [0.25, 0.3) is 10.0 Å². The van der Waals surface area contributed by atoms with Crippen LogP contribution in [0.3, 0.4) is 0 Å².